The maximum atomic E-state index is 11.6. The van der Waals surface area contributed by atoms with Gasteiger partial charge in [0.2, 0.25) is 0 Å². The maximum absolute atomic E-state index is 11.6. The molecule has 1 aliphatic rings. The Labute approximate surface area is 120 Å². The molecule has 0 spiro atoms. The highest BCUT2D eigenvalue weighted by molar-refractivity contribution is 7.99. The van der Waals surface area contributed by atoms with Crippen molar-refractivity contribution in [1.29, 1.82) is 0 Å². The molecule has 0 aromatic rings. The zero-order chi connectivity index (χ0) is 14.3. The van der Waals surface area contributed by atoms with E-state index >= 15 is 0 Å². The summed E-state index contributed by atoms with van der Waals surface area (Å²) >= 11 is 1.98. The second kappa shape index (κ2) is 8.12. The monoisotopic (exact) mass is 289 g/mol. The summed E-state index contributed by atoms with van der Waals surface area (Å²) in [5, 5.41) is 0.634. The third kappa shape index (κ3) is 5.71. The van der Waals surface area contributed by atoms with Gasteiger partial charge in [-0.2, -0.15) is 11.8 Å². The third-order valence-corrected chi connectivity index (χ3v) is 5.04. The molecule has 0 aromatic heterocycles. The van der Waals surface area contributed by atoms with Crippen molar-refractivity contribution < 1.29 is 14.3 Å². The fourth-order valence-corrected chi connectivity index (χ4v) is 3.44. The maximum Gasteiger partial charge on any atom is 0.325 e. The van der Waals surface area contributed by atoms with Crippen LogP contribution < -0.4 is 5.73 Å². The molecule has 112 valence electrons. The summed E-state index contributed by atoms with van der Waals surface area (Å²) < 4.78 is 10.5. The lowest BCUT2D eigenvalue weighted by Crippen LogP contribution is -2.46. The van der Waals surface area contributed by atoms with E-state index in [9.17, 15) is 4.79 Å². The van der Waals surface area contributed by atoms with Crippen molar-refractivity contribution in [3.05, 3.63) is 0 Å². The number of rotatable bonds is 8. The Morgan fingerprint density at radius 1 is 1.53 bits per heavy atom. The summed E-state index contributed by atoms with van der Waals surface area (Å²) in [5.74, 6) is 0.817. The average molecular weight is 289 g/mol. The van der Waals surface area contributed by atoms with Crippen LogP contribution >= 0.6 is 11.8 Å². The number of hydrogen-bond acceptors (Lipinski definition) is 5. The van der Waals surface area contributed by atoms with Gasteiger partial charge in [0.1, 0.15) is 5.54 Å². The van der Waals surface area contributed by atoms with Gasteiger partial charge in [0.15, 0.2) is 0 Å². The molecule has 3 unspecified atom stereocenters. The molecule has 0 bridgehead atoms. The fourth-order valence-electron chi connectivity index (χ4n) is 2.16. The van der Waals surface area contributed by atoms with E-state index in [1.165, 1.54) is 0 Å². The number of nitrogens with two attached hydrogens (primary N) is 1. The molecule has 1 fully saturated rings. The topological polar surface area (TPSA) is 61.5 Å². The highest BCUT2D eigenvalue weighted by Crippen LogP contribution is 2.27. The number of carbonyl (C=O) groups excluding carboxylic acids is 1. The fraction of sp³-hybridized carbons (Fsp3) is 0.929. The summed E-state index contributed by atoms with van der Waals surface area (Å²) in [7, 11) is 0. The summed E-state index contributed by atoms with van der Waals surface area (Å²) in [6, 6.07) is 0. The molecule has 0 saturated carbocycles. The number of esters is 1. The van der Waals surface area contributed by atoms with Crippen molar-refractivity contribution in [1.82, 2.24) is 0 Å². The van der Waals surface area contributed by atoms with Gasteiger partial charge in [-0.3, -0.25) is 4.79 Å². The minimum absolute atomic E-state index is 0.291. The van der Waals surface area contributed by atoms with E-state index in [0.717, 1.165) is 31.6 Å². The lowest BCUT2D eigenvalue weighted by Gasteiger charge is -2.22. The van der Waals surface area contributed by atoms with Crippen molar-refractivity contribution >= 4 is 17.7 Å². The minimum atomic E-state index is -0.843. The molecule has 1 aliphatic heterocycles. The number of thioether (sulfide) groups is 1. The van der Waals surface area contributed by atoms with Crippen LogP contribution in [0.25, 0.3) is 0 Å². The molecule has 1 rings (SSSR count). The Hall–Kier alpha value is -0.260. The second-order valence-electron chi connectivity index (χ2n) is 5.37. The van der Waals surface area contributed by atoms with Gasteiger partial charge in [0.05, 0.1) is 12.7 Å². The predicted molar refractivity (Wildman–Crippen MR) is 79.4 cm³/mol. The van der Waals surface area contributed by atoms with Gasteiger partial charge in [-0.1, -0.05) is 6.42 Å². The third-order valence-electron chi connectivity index (χ3n) is 3.47. The molecule has 0 amide bonds. The minimum Gasteiger partial charge on any atom is -0.465 e. The SMILES string of the molecule is CCOC(=O)C(C)(N)CCCCSC1CCOC1C. The molecule has 4 nitrogen and oxygen atoms in total. The van der Waals surface area contributed by atoms with Crippen LogP contribution in [-0.4, -0.2) is 41.8 Å². The van der Waals surface area contributed by atoms with Crippen LogP contribution in [0.5, 0.6) is 0 Å². The van der Waals surface area contributed by atoms with Crippen LogP contribution in [0.4, 0.5) is 0 Å². The largest absolute Gasteiger partial charge is 0.465 e. The average Bonchev–Trinajstić information content (AvgIpc) is 2.75. The van der Waals surface area contributed by atoms with Gasteiger partial charge in [-0.15, -0.1) is 0 Å². The highest BCUT2D eigenvalue weighted by atomic mass is 32.2. The first-order chi connectivity index (χ1) is 8.97. The molecule has 19 heavy (non-hydrogen) atoms. The molecule has 0 aliphatic carbocycles. The highest BCUT2D eigenvalue weighted by Gasteiger charge is 2.29. The zero-order valence-electron chi connectivity index (χ0n) is 12.3. The van der Waals surface area contributed by atoms with Crippen molar-refractivity contribution in [3.63, 3.8) is 0 Å². The van der Waals surface area contributed by atoms with E-state index in [-0.39, 0.29) is 5.97 Å². The smallest absolute Gasteiger partial charge is 0.325 e. The van der Waals surface area contributed by atoms with Crippen LogP contribution in [0, 0.1) is 0 Å². The molecule has 2 N–H and O–H groups in total. The van der Waals surface area contributed by atoms with E-state index in [0.29, 0.717) is 24.4 Å². The molecule has 0 aromatic carbocycles. The Kier molecular flexibility index (Phi) is 7.18. The summed E-state index contributed by atoms with van der Waals surface area (Å²) in [5.41, 5.74) is 5.13. The molecule has 0 radical (unpaired) electrons. The predicted octanol–water partition coefficient (Wildman–Crippen LogP) is 2.35. The van der Waals surface area contributed by atoms with Crippen LogP contribution in [-0.2, 0) is 14.3 Å². The van der Waals surface area contributed by atoms with Gasteiger partial charge in [0.25, 0.3) is 0 Å². The van der Waals surface area contributed by atoms with E-state index in [2.05, 4.69) is 6.92 Å². The van der Waals surface area contributed by atoms with E-state index in [1.807, 2.05) is 11.8 Å². The first-order valence-corrected chi connectivity index (χ1v) is 8.21. The normalized spacial score (nSPS) is 26.1. The van der Waals surface area contributed by atoms with Gasteiger partial charge < -0.3 is 15.2 Å². The number of carbonyl (C=O) groups is 1. The second-order valence-corrected chi connectivity index (χ2v) is 6.72. The molecule has 3 atom stereocenters. The van der Waals surface area contributed by atoms with Gasteiger partial charge in [-0.25, -0.2) is 0 Å². The Morgan fingerprint density at radius 3 is 2.84 bits per heavy atom. The summed E-state index contributed by atoms with van der Waals surface area (Å²) in [6.45, 7) is 6.98. The number of unbranched alkanes of at least 4 members (excludes halogenated alkanes) is 1. The van der Waals surface area contributed by atoms with E-state index < -0.39 is 5.54 Å². The van der Waals surface area contributed by atoms with Crippen molar-refractivity contribution in [2.24, 2.45) is 5.73 Å². The van der Waals surface area contributed by atoms with Crippen molar-refractivity contribution in [3.8, 4) is 0 Å². The van der Waals surface area contributed by atoms with Gasteiger partial charge in [-0.05, 0) is 45.8 Å². The van der Waals surface area contributed by atoms with E-state index in [1.54, 1.807) is 13.8 Å². The number of ether oxygens (including phenoxy) is 2. The molecule has 5 heteroatoms. The molecule has 1 saturated heterocycles. The first-order valence-electron chi connectivity index (χ1n) is 7.16. The van der Waals surface area contributed by atoms with Gasteiger partial charge in [0, 0.05) is 11.9 Å². The standard InChI is InChI=1S/C14H27NO3S/c1-4-17-13(16)14(3,15)8-5-6-10-19-12-7-9-18-11(12)2/h11-12H,4-10,15H2,1-3H3. The summed E-state index contributed by atoms with van der Waals surface area (Å²) in [6.07, 6.45) is 4.26. The van der Waals surface area contributed by atoms with Crippen LogP contribution in [0.3, 0.4) is 0 Å². The lowest BCUT2D eigenvalue weighted by atomic mass is 9.96. The Balaban J connectivity index is 2.11. The molecular formula is C14H27NO3S. The van der Waals surface area contributed by atoms with Crippen molar-refractivity contribution in [2.45, 2.75) is 63.3 Å². The first kappa shape index (κ1) is 16.8. The van der Waals surface area contributed by atoms with Crippen molar-refractivity contribution in [2.75, 3.05) is 19.0 Å². The molecular weight excluding hydrogens is 262 g/mol. The Bertz CT molecular complexity index is 284. The van der Waals surface area contributed by atoms with Crippen LogP contribution in [0.15, 0.2) is 0 Å². The number of hydrogen-bond donors (Lipinski definition) is 1. The Morgan fingerprint density at radius 2 is 2.26 bits per heavy atom. The molecule has 1 heterocycles. The zero-order valence-corrected chi connectivity index (χ0v) is 13.1. The van der Waals surface area contributed by atoms with Crippen LogP contribution in [0.1, 0.15) is 46.5 Å². The summed E-state index contributed by atoms with van der Waals surface area (Å²) in [4.78, 5) is 11.6. The van der Waals surface area contributed by atoms with Gasteiger partial charge >= 0.3 is 5.97 Å². The van der Waals surface area contributed by atoms with Crippen LogP contribution in [0.2, 0.25) is 0 Å². The van der Waals surface area contributed by atoms with E-state index in [4.69, 9.17) is 15.2 Å². The lowest BCUT2D eigenvalue weighted by molar-refractivity contribution is -0.149. The quantitative estimate of drug-likeness (QED) is 0.549.